The lowest BCUT2D eigenvalue weighted by molar-refractivity contribution is -0.137. The summed E-state index contributed by atoms with van der Waals surface area (Å²) in [6.07, 6.45) is -1.18. The van der Waals surface area contributed by atoms with Crippen LogP contribution in [0.1, 0.15) is 24.1 Å². The standard InChI is InChI=1S/C14H12ClF3N2/c1-9(20-13-8-19-7-6-12(13)15)10-2-4-11(5-3-10)14(16,17)18/h2-9,20H,1H3. The normalized spacial score (nSPS) is 13.1. The number of rotatable bonds is 3. The van der Waals surface area contributed by atoms with E-state index in [1.807, 2.05) is 6.92 Å². The van der Waals surface area contributed by atoms with Crippen LogP contribution in [0.3, 0.4) is 0 Å². The van der Waals surface area contributed by atoms with Crippen molar-refractivity contribution in [2.75, 3.05) is 5.32 Å². The molecule has 0 aliphatic rings. The highest BCUT2D eigenvalue weighted by atomic mass is 35.5. The van der Waals surface area contributed by atoms with Gasteiger partial charge in [0.05, 0.1) is 22.5 Å². The van der Waals surface area contributed by atoms with Crippen LogP contribution >= 0.6 is 11.6 Å². The number of hydrogen-bond donors (Lipinski definition) is 1. The molecule has 0 radical (unpaired) electrons. The lowest BCUT2D eigenvalue weighted by Crippen LogP contribution is -2.09. The average molecular weight is 301 g/mol. The lowest BCUT2D eigenvalue weighted by Gasteiger charge is -2.17. The van der Waals surface area contributed by atoms with Gasteiger partial charge in [-0.2, -0.15) is 13.2 Å². The molecule has 0 saturated carbocycles. The smallest absolute Gasteiger partial charge is 0.376 e. The van der Waals surface area contributed by atoms with Crippen molar-refractivity contribution in [2.45, 2.75) is 19.1 Å². The van der Waals surface area contributed by atoms with Gasteiger partial charge < -0.3 is 5.32 Å². The Bertz CT molecular complexity index is 582. The summed E-state index contributed by atoms with van der Waals surface area (Å²) < 4.78 is 37.4. The second kappa shape index (κ2) is 5.71. The molecular weight excluding hydrogens is 289 g/mol. The Morgan fingerprint density at radius 1 is 1.15 bits per heavy atom. The number of nitrogens with one attached hydrogen (secondary N) is 1. The van der Waals surface area contributed by atoms with Crippen molar-refractivity contribution in [2.24, 2.45) is 0 Å². The van der Waals surface area contributed by atoms with Crippen molar-refractivity contribution in [3.05, 3.63) is 58.9 Å². The van der Waals surface area contributed by atoms with E-state index in [-0.39, 0.29) is 6.04 Å². The van der Waals surface area contributed by atoms with Crippen LogP contribution < -0.4 is 5.32 Å². The van der Waals surface area contributed by atoms with Crippen LogP contribution in [0, 0.1) is 0 Å². The summed E-state index contributed by atoms with van der Waals surface area (Å²) in [5, 5.41) is 3.62. The molecule has 0 bridgehead atoms. The van der Waals surface area contributed by atoms with Gasteiger partial charge in [-0.05, 0) is 30.7 Å². The first kappa shape index (κ1) is 14.7. The number of halogens is 4. The maximum atomic E-state index is 12.5. The Labute approximate surface area is 119 Å². The third-order valence-electron chi connectivity index (χ3n) is 2.88. The van der Waals surface area contributed by atoms with Gasteiger partial charge in [-0.3, -0.25) is 4.98 Å². The molecule has 0 aliphatic heterocycles. The zero-order valence-electron chi connectivity index (χ0n) is 10.6. The monoisotopic (exact) mass is 300 g/mol. The second-order valence-corrected chi connectivity index (χ2v) is 4.75. The van der Waals surface area contributed by atoms with Gasteiger partial charge in [0, 0.05) is 12.2 Å². The Kier molecular flexibility index (Phi) is 4.18. The molecule has 0 saturated heterocycles. The Morgan fingerprint density at radius 3 is 2.35 bits per heavy atom. The number of nitrogens with zero attached hydrogens (tertiary/aromatic N) is 1. The number of pyridine rings is 1. The van der Waals surface area contributed by atoms with Crippen LogP contribution in [0.25, 0.3) is 0 Å². The molecule has 1 aromatic carbocycles. The largest absolute Gasteiger partial charge is 0.416 e. The highest BCUT2D eigenvalue weighted by Crippen LogP contribution is 2.31. The second-order valence-electron chi connectivity index (χ2n) is 4.34. The average Bonchev–Trinajstić information content (AvgIpc) is 2.40. The molecule has 6 heteroatoms. The van der Waals surface area contributed by atoms with Gasteiger partial charge in [0.25, 0.3) is 0 Å². The molecule has 0 spiro atoms. The third-order valence-corrected chi connectivity index (χ3v) is 3.21. The van der Waals surface area contributed by atoms with Gasteiger partial charge in [0.1, 0.15) is 0 Å². The molecule has 20 heavy (non-hydrogen) atoms. The molecular formula is C14H12ClF3N2. The van der Waals surface area contributed by atoms with Crippen LogP contribution in [0.2, 0.25) is 5.02 Å². The summed E-state index contributed by atoms with van der Waals surface area (Å²) in [5.74, 6) is 0. The molecule has 0 fully saturated rings. The Balaban J connectivity index is 2.14. The number of alkyl halides is 3. The fourth-order valence-electron chi connectivity index (χ4n) is 1.76. The highest BCUT2D eigenvalue weighted by molar-refractivity contribution is 6.33. The minimum atomic E-state index is -4.32. The molecule has 2 nitrogen and oxygen atoms in total. The minimum Gasteiger partial charge on any atom is -0.376 e. The maximum Gasteiger partial charge on any atom is 0.416 e. The molecule has 1 aromatic heterocycles. The van der Waals surface area contributed by atoms with E-state index in [9.17, 15) is 13.2 Å². The molecule has 1 unspecified atom stereocenters. The van der Waals surface area contributed by atoms with Crippen molar-refractivity contribution < 1.29 is 13.2 Å². The lowest BCUT2D eigenvalue weighted by atomic mass is 10.1. The predicted octanol–water partition coefficient (Wildman–Crippen LogP) is 4.93. The first-order valence-electron chi connectivity index (χ1n) is 5.91. The number of anilines is 1. The van der Waals surface area contributed by atoms with E-state index in [1.54, 1.807) is 18.5 Å². The minimum absolute atomic E-state index is 0.181. The van der Waals surface area contributed by atoms with E-state index in [0.717, 1.165) is 17.7 Å². The fraction of sp³-hybridized carbons (Fsp3) is 0.214. The first-order valence-corrected chi connectivity index (χ1v) is 6.29. The molecule has 1 heterocycles. The first-order chi connectivity index (χ1) is 9.38. The Morgan fingerprint density at radius 2 is 1.80 bits per heavy atom. The van der Waals surface area contributed by atoms with Gasteiger partial charge in [-0.15, -0.1) is 0 Å². The van der Waals surface area contributed by atoms with E-state index in [4.69, 9.17) is 11.6 Å². The number of hydrogen-bond acceptors (Lipinski definition) is 2. The summed E-state index contributed by atoms with van der Waals surface area (Å²) in [7, 11) is 0. The Hall–Kier alpha value is -1.75. The molecule has 1 N–H and O–H groups in total. The molecule has 0 aliphatic carbocycles. The topological polar surface area (TPSA) is 24.9 Å². The zero-order chi connectivity index (χ0) is 14.8. The summed E-state index contributed by atoms with van der Waals surface area (Å²) in [5.41, 5.74) is 0.715. The van der Waals surface area contributed by atoms with Crippen LogP contribution in [0.4, 0.5) is 18.9 Å². The summed E-state index contributed by atoms with van der Waals surface area (Å²) in [4.78, 5) is 3.94. The molecule has 1 atom stereocenters. The van der Waals surface area contributed by atoms with Gasteiger partial charge in [-0.25, -0.2) is 0 Å². The third kappa shape index (κ3) is 3.42. The molecule has 0 amide bonds. The van der Waals surface area contributed by atoms with Gasteiger partial charge >= 0.3 is 6.18 Å². The van der Waals surface area contributed by atoms with Crippen LogP contribution in [-0.4, -0.2) is 4.98 Å². The highest BCUT2D eigenvalue weighted by Gasteiger charge is 2.30. The van der Waals surface area contributed by atoms with Crippen LogP contribution in [0.15, 0.2) is 42.7 Å². The van der Waals surface area contributed by atoms with Gasteiger partial charge in [0.2, 0.25) is 0 Å². The van der Waals surface area contributed by atoms with E-state index in [0.29, 0.717) is 10.7 Å². The van der Waals surface area contributed by atoms with Gasteiger partial charge in [-0.1, -0.05) is 23.7 Å². The summed E-state index contributed by atoms with van der Waals surface area (Å²) >= 11 is 5.99. The van der Waals surface area contributed by atoms with Crippen LogP contribution in [-0.2, 0) is 6.18 Å². The van der Waals surface area contributed by atoms with Gasteiger partial charge in [0.15, 0.2) is 0 Å². The van der Waals surface area contributed by atoms with E-state index >= 15 is 0 Å². The van der Waals surface area contributed by atoms with Crippen molar-refractivity contribution in [3.63, 3.8) is 0 Å². The SMILES string of the molecule is CC(Nc1cnccc1Cl)c1ccc(C(F)(F)F)cc1. The van der Waals surface area contributed by atoms with Crippen molar-refractivity contribution in [1.82, 2.24) is 4.98 Å². The molecule has 2 aromatic rings. The number of aromatic nitrogens is 1. The zero-order valence-corrected chi connectivity index (χ0v) is 11.3. The number of benzene rings is 1. The van der Waals surface area contributed by atoms with Crippen LogP contribution in [0.5, 0.6) is 0 Å². The predicted molar refractivity (Wildman–Crippen MR) is 72.7 cm³/mol. The van der Waals surface area contributed by atoms with E-state index in [1.165, 1.54) is 12.1 Å². The maximum absolute atomic E-state index is 12.5. The fourth-order valence-corrected chi connectivity index (χ4v) is 1.92. The van der Waals surface area contributed by atoms with Crippen molar-refractivity contribution in [3.8, 4) is 0 Å². The summed E-state index contributed by atoms with van der Waals surface area (Å²) in [6.45, 7) is 1.84. The molecule has 106 valence electrons. The van der Waals surface area contributed by atoms with Crippen molar-refractivity contribution >= 4 is 17.3 Å². The van der Waals surface area contributed by atoms with E-state index in [2.05, 4.69) is 10.3 Å². The molecule has 2 rings (SSSR count). The quantitative estimate of drug-likeness (QED) is 0.869. The summed E-state index contributed by atoms with van der Waals surface area (Å²) in [6, 6.07) is 6.49. The van der Waals surface area contributed by atoms with Crippen molar-refractivity contribution in [1.29, 1.82) is 0 Å². The van der Waals surface area contributed by atoms with E-state index < -0.39 is 11.7 Å².